The molecule has 4 nitrogen and oxygen atoms in total. The maximum Gasteiger partial charge on any atom is 0.160 e. The first-order valence-corrected chi connectivity index (χ1v) is 7.02. The van der Waals surface area contributed by atoms with Crippen LogP contribution in [0.5, 0.6) is 11.5 Å². The van der Waals surface area contributed by atoms with Crippen LogP contribution in [-0.4, -0.2) is 24.3 Å². The van der Waals surface area contributed by atoms with Crippen LogP contribution >= 0.6 is 0 Å². The van der Waals surface area contributed by atoms with Gasteiger partial charge in [-0.2, -0.15) is 0 Å². The number of H-pyrrole nitrogens is 1. The van der Waals surface area contributed by atoms with Crippen molar-refractivity contribution in [1.82, 2.24) is 4.98 Å². The summed E-state index contributed by atoms with van der Waals surface area (Å²) in [6.07, 6.45) is -0.0314. The smallest absolute Gasteiger partial charge is 0.160 e. The lowest BCUT2D eigenvalue weighted by molar-refractivity contribution is 0.173. The van der Waals surface area contributed by atoms with E-state index in [2.05, 4.69) is 11.9 Å². The van der Waals surface area contributed by atoms with Crippen molar-refractivity contribution < 1.29 is 14.6 Å². The van der Waals surface area contributed by atoms with Crippen molar-refractivity contribution in [3.8, 4) is 11.5 Å². The summed E-state index contributed by atoms with van der Waals surface area (Å²) < 4.78 is 10.5. The van der Waals surface area contributed by atoms with E-state index in [-0.39, 0.29) is 0 Å². The predicted molar refractivity (Wildman–Crippen MR) is 83.2 cm³/mol. The molecule has 0 saturated carbocycles. The van der Waals surface area contributed by atoms with Gasteiger partial charge in [-0.15, -0.1) is 0 Å². The molecule has 1 heterocycles. The third kappa shape index (κ3) is 3.05. The number of ether oxygens (including phenoxy) is 2. The van der Waals surface area contributed by atoms with Crippen LogP contribution in [0.1, 0.15) is 34.2 Å². The highest BCUT2D eigenvalue weighted by atomic mass is 16.5. The van der Waals surface area contributed by atoms with Gasteiger partial charge in [0.05, 0.1) is 20.3 Å². The first-order valence-electron chi connectivity index (χ1n) is 7.02. The van der Waals surface area contributed by atoms with Crippen molar-refractivity contribution in [3.63, 3.8) is 0 Å². The first-order chi connectivity index (χ1) is 9.97. The van der Waals surface area contributed by atoms with Gasteiger partial charge in [0.25, 0.3) is 0 Å². The number of aliphatic hydroxyl groups is 1. The number of rotatable bonds is 5. The molecule has 0 amide bonds. The molecule has 1 aromatic carbocycles. The van der Waals surface area contributed by atoms with Crippen molar-refractivity contribution in [2.75, 3.05) is 14.2 Å². The molecule has 0 bridgehead atoms. The van der Waals surface area contributed by atoms with Crippen LogP contribution in [0.4, 0.5) is 0 Å². The first kappa shape index (κ1) is 15.4. The number of nitrogens with one attached hydrogen (secondary N) is 1. The summed E-state index contributed by atoms with van der Waals surface area (Å²) in [6, 6.07) is 5.71. The van der Waals surface area contributed by atoms with Gasteiger partial charge in [0.15, 0.2) is 11.5 Å². The summed E-state index contributed by atoms with van der Waals surface area (Å²) >= 11 is 0. The molecule has 2 rings (SSSR count). The summed E-state index contributed by atoms with van der Waals surface area (Å²) in [5.41, 5.74) is 5.33. The molecule has 0 radical (unpaired) electrons. The summed E-state index contributed by atoms with van der Waals surface area (Å²) in [6.45, 7) is 6.12. The number of aliphatic hydroxyl groups excluding tert-OH is 1. The van der Waals surface area contributed by atoms with E-state index in [9.17, 15) is 5.11 Å². The Hall–Kier alpha value is -1.94. The summed E-state index contributed by atoms with van der Waals surface area (Å²) in [5, 5.41) is 10.5. The van der Waals surface area contributed by atoms with Crippen LogP contribution in [0.15, 0.2) is 18.2 Å². The quantitative estimate of drug-likeness (QED) is 0.888. The third-order valence-electron chi connectivity index (χ3n) is 4.06. The molecular weight excluding hydrogens is 266 g/mol. The van der Waals surface area contributed by atoms with Crippen molar-refractivity contribution >= 4 is 0 Å². The molecule has 0 aliphatic heterocycles. The largest absolute Gasteiger partial charge is 0.493 e. The number of aromatic amines is 1. The van der Waals surface area contributed by atoms with Gasteiger partial charge in [-0.1, -0.05) is 6.07 Å². The van der Waals surface area contributed by atoms with Gasteiger partial charge in [0, 0.05) is 17.8 Å². The van der Waals surface area contributed by atoms with Crippen molar-refractivity contribution in [3.05, 3.63) is 46.3 Å². The van der Waals surface area contributed by atoms with Gasteiger partial charge in [-0.05, 0) is 49.6 Å². The Bertz CT molecular complexity index is 631. The van der Waals surface area contributed by atoms with Crippen LogP contribution in [-0.2, 0) is 6.42 Å². The second-order valence-corrected chi connectivity index (χ2v) is 5.32. The zero-order chi connectivity index (χ0) is 15.6. The average molecular weight is 289 g/mol. The molecular formula is C17H23NO3. The van der Waals surface area contributed by atoms with Crippen molar-refractivity contribution in [2.24, 2.45) is 0 Å². The minimum Gasteiger partial charge on any atom is -0.493 e. The number of aryl methyl sites for hydroxylation is 1. The molecule has 1 atom stereocenters. The third-order valence-corrected chi connectivity index (χ3v) is 4.06. The normalized spacial score (nSPS) is 12.3. The number of methoxy groups -OCH3 is 2. The number of hydrogen-bond donors (Lipinski definition) is 2. The monoisotopic (exact) mass is 289 g/mol. The van der Waals surface area contributed by atoms with E-state index < -0.39 is 6.10 Å². The Kier molecular flexibility index (Phi) is 4.58. The summed E-state index contributed by atoms with van der Waals surface area (Å²) in [5.74, 6) is 1.37. The highest BCUT2D eigenvalue weighted by Gasteiger charge is 2.17. The molecule has 1 aromatic heterocycles. The number of aromatic nitrogens is 1. The molecule has 0 fully saturated rings. The molecule has 114 valence electrons. The van der Waals surface area contributed by atoms with E-state index in [1.54, 1.807) is 14.2 Å². The highest BCUT2D eigenvalue weighted by molar-refractivity contribution is 5.43. The van der Waals surface area contributed by atoms with Crippen LogP contribution < -0.4 is 9.47 Å². The number of hydrogen-bond acceptors (Lipinski definition) is 3. The van der Waals surface area contributed by atoms with E-state index >= 15 is 0 Å². The van der Waals surface area contributed by atoms with Gasteiger partial charge in [0.2, 0.25) is 0 Å². The molecule has 4 heteroatoms. The van der Waals surface area contributed by atoms with Crippen molar-refractivity contribution in [1.29, 1.82) is 0 Å². The average Bonchev–Trinajstić information content (AvgIpc) is 2.74. The van der Waals surface area contributed by atoms with Gasteiger partial charge < -0.3 is 19.6 Å². The maximum absolute atomic E-state index is 10.5. The zero-order valence-corrected chi connectivity index (χ0v) is 13.3. The Morgan fingerprint density at radius 1 is 1.05 bits per heavy atom. The van der Waals surface area contributed by atoms with E-state index in [0.29, 0.717) is 17.9 Å². The molecule has 21 heavy (non-hydrogen) atoms. The Morgan fingerprint density at radius 3 is 2.24 bits per heavy atom. The Labute approximate surface area is 125 Å². The topological polar surface area (TPSA) is 54.5 Å². The molecule has 2 aromatic rings. The van der Waals surface area contributed by atoms with Crippen LogP contribution in [0.3, 0.4) is 0 Å². The predicted octanol–water partition coefficient (Wildman–Crippen LogP) is 3.23. The Balaban J connectivity index is 2.23. The van der Waals surface area contributed by atoms with Gasteiger partial charge in [-0.25, -0.2) is 0 Å². The van der Waals surface area contributed by atoms with E-state index in [1.165, 1.54) is 5.56 Å². The minimum atomic E-state index is -0.560. The molecule has 0 aliphatic rings. The fourth-order valence-corrected chi connectivity index (χ4v) is 2.54. The molecule has 1 unspecified atom stereocenters. The molecule has 0 aliphatic carbocycles. The molecule has 2 N–H and O–H groups in total. The zero-order valence-electron chi connectivity index (χ0n) is 13.3. The second kappa shape index (κ2) is 6.22. The van der Waals surface area contributed by atoms with Crippen LogP contribution in [0, 0.1) is 20.8 Å². The Morgan fingerprint density at radius 2 is 1.71 bits per heavy atom. The highest BCUT2D eigenvalue weighted by Crippen LogP contribution is 2.30. The SMILES string of the molecule is COc1ccc(CC(O)c2[nH]c(C)c(C)c2C)cc1OC. The maximum atomic E-state index is 10.5. The number of benzene rings is 1. The lowest BCUT2D eigenvalue weighted by Gasteiger charge is -2.13. The summed E-state index contributed by atoms with van der Waals surface area (Å²) in [4.78, 5) is 3.28. The van der Waals surface area contributed by atoms with E-state index in [0.717, 1.165) is 22.5 Å². The van der Waals surface area contributed by atoms with Crippen LogP contribution in [0.2, 0.25) is 0 Å². The van der Waals surface area contributed by atoms with Crippen LogP contribution in [0.25, 0.3) is 0 Å². The lowest BCUT2D eigenvalue weighted by atomic mass is 10.0. The van der Waals surface area contributed by atoms with Gasteiger partial charge in [0.1, 0.15) is 0 Å². The fourth-order valence-electron chi connectivity index (χ4n) is 2.54. The summed E-state index contributed by atoms with van der Waals surface area (Å²) in [7, 11) is 3.22. The molecule has 0 spiro atoms. The van der Waals surface area contributed by atoms with Gasteiger partial charge >= 0.3 is 0 Å². The standard InChI is InChI=1S/C17H23NO3/c1-10-11(2)17(18-12(10)3)14(19)8-13-6-7-15(20-4)16(9-13)21-5/h6-7,9,14,18-19H,8H2,1-5H3. The van der Waals surface area contributed by atoms with Gasteiger partial charge in [-0.3, -0.25) is 0 Å². The second-order valence-electron chi connectivity index (χ2n) is 5.32. The van der Waals surface area contributed by atoms with E-state index in [1.807, 2.05) is 32.0 Å². The lowest BCUT2D eigenvalue weighted by Crippen LogP contribution is -2.04. The van der Waals surface area contributed by atoms with Crippen molar-refractivity contribution in [2.45, 2.75) is 33.3 Å². The molecule has 0 saturated heterocycles. The fraction of sp³-hybridized carbons (Fsp3) is 0.412. The van der Waals surface area contributed by atoms with E-state index in [4.69, 9.17) is 9.47 Å². The minimum absolute atomic E-state index is 0.528.